The van der Waals surface area contributed by atoms with Crippen LogP contribution in [0.1, 0.15) is 18.5 Å². The number of hydrogen-bond donors (Lipinski definition) is 1. The Bertz CT molecular complexity index is 777. The number of rotatable bonds is 5. The second-order valence-corrected chi connectivity index (χ2v) is 5.59. The molecule has 0 saturated heterocycles. The summed E-state index contributed by atoms with van der Waals surface area (Å²) in [5.74, 6) is 0.293. The van der Waals surface area contributed by atoms with Gasteiger partial charge in [0.15, 0.2) is 0 Å². The Morgan fingerprint density at radius 1 is 1.39 bits per heavy atom. The molecule has 0 saturated carbocycles. The lowest BCUT2D eigenvalue weighted by Crippen LogP contribution is -2.35. The molecular formula is C15H15Cl2N3O3. The van der Waals surface area contributed by atoms with E-state index in [2.05, 4.69) is 10.4 Å². The van der Waals surface area contributed by atoms with Gasteiger partial charge >= 0.3 is 0 Å². The van der Waals surface area contributed by atoms with Crippen molar-refractivity contribution in [3.8, 4) is 5.75 Å². The molecule has 2 rings (SSSR count). The van der Waals surface area contributed by atoms with Gasteiger partial charge in [-0.2, -0.15) is 5.10 Å². The molecule has 23 heavy (non-hydrogen) atoms. The lowest BCUT2D eigenvalue weighted by molar-refractivity contribution is -0.122. The van der Waals surface area contributed by atoms with Crippen LogP contribution in [0.3, 0.4) is 0 Å². The SMILES string of the molecule is COc1ccccc1C(C)NC(=O)Cn1ncc(Cl)c(Cl)c1=O. The predicted molar refractivity (Wildman–Crippen MR) is 88.1 cm³/mol. The lowest BCUT2D eigenvalue weighted by Gasteiger charge is -2.17. The van der Waals surface area contributed by atoms with Crippen LogP contribution in [0.5, 0.6) is 5.75 Å². The summed E-state index contributed by atoms with van der Waals surface area (Å²) < 4.78 is 6.22. The molecule has 0 radical (unpaired) electrons. The Morgan fingerprint density at radius 2 is 2.09 bits per heavy atom. The third kappa shape index (κ3) is 4.03. The molecule has 6 nitrogen and oxygen atoms in total. The van der Waals surface area contributed by atoms with Gasteiger partial charge in [-0.1, -0.05) is 41.4 Å². The van der Waals surface area contributed by atoms with Gasteiger partial charge in [0.2, 0.25) is 5.91 Å². The summed E-state index contributed by atoms with van der Waals surface area (Å²) in [5, 5.41) is 6.47. The number of ether oxygens (including phenoxy) is 1. The van der Waals surface area contributed by atoms with Crippen LogP contribution in [0.15, 0.2) is 35.3 Å². The van der Waals surface area contributed by atoms with Crippen LogP contribution in [0.4, 0.5) is 0 Å². The van der Waals surface area contributed by atoms with Crippen molar-refractivity contribution in [3.63, 3.8) is 0 Å². The van der Waals surface area contributed by atoms with E-state index in [-0.39, 0.29) is 28.5 Å². The summed E-state index contributed by atoms with van der Waals surface area (Å²) in [7, 11) is 1.56. The molecule has 0 aliphatic carbocycles. The highest BCUT2D eigenvalue weighted by molar-refractivity contribution is 6.41. The Hall–Kier alpha value is -2.05. The van der Waals surface area contributed by atoms with E-state index in [0.29, 0.717) is 5.75 Å². The first-order valence-electron chi connectivity index (χ1n) is 6.77. The number of hydrogen-bond acceptors (Lipinski definition) is 4. The zero-order valence-corrected chi connectivity index (χ0v) is 14.1. The summed E-state index contributed by atoms with van der Waals surface area (Å²) in [5.41, 5.74) is 0.219. The highest BCUT2D eigenvalue weighted by atomic mass is 35.5. The first-order chi connectivity index (χ1) is 10.9. The summed E-state index contributed by atoms with van der Waals surface area (Å²) in [4.78, 5) is 24.0. The quantitative estimate of drug-likeness (QED) is 0.893. The van der Waals surface area contributed by atoms with Gasteiger partial charge in [-0.3, -0.25) is 9.59 Å². The number of benzene rings is 1. The van der Waals surface area contributed by atoms with Crippen LogP contribution >= 0.6 is 23.2 Å². The fraction of sp³-hybridized carbons (Fsp3) is 0.267. The monoisotopic (exact) mass is 355 g/mol. The number of nitrogens with one attached hydrogen (secondary N) is 1. The van der Waals surface area contributed by atoms with Gasteiger partial charge in [-0.25, -0.2) is 4.68 Å². The van der Waals surface area contributed by atoms with E-state index < -0.39 is 5.56 Å². The van der Waals surface area contributed by atoms with E-state index in [1.165, 1.54) is 6.20 Å². The lowest BCUT2D eigenvalue weighted by atomic mass is 10.1. The number of aromatic nitrogens is 2. The van der Waals surface area contributed by atoms with E-state index in [1.807, 2.05) is 31.2 Å². The van der Waals surface area contributed by atoms with Crippen molar-refractivity contribution < 1.29 is 9.53 Å². The van der Waals surface area contributed by atoms with Crippen molar-refractivity contribution in [2.45, 2.75) is 19.5 Å². The number of methoxy groups -OCH3 is 1. The average molecular weight is 356 g/mol. The summed E-state index contributed by atoms with van der Waals surface area (Å²) in [6, 6.07) is 7.06. The Kier molecular flexibility index (Phi) is 5.63. The molecule has 0 fully saturated rings. The van der Waals surface area contributed by atoms with Crippen molar-refractivity contribution in [2.24, 2.45) is 0 Å². The Labute approximate surface area is 143 Å². The molecule has 122 valence electrons. The molecule has 0 bridgehead atoms. The van der Waals surface area contributed by atoms with Gasteiger partial charge in [-0.15, -0.1) is 0 Å². The number of para-hydroxylation sites is 1. The maximum atomic E-state index is 12.1. The van der Waals surface area contributed by atoms with Gasteiger partial charge < -0.3 is 10.1 Å². The number of nitrogens with zero attached hydrogens (tertiary/aromatic N) is 2. The molecule has 1 atom stereocenters. The molecule has 1 N–H and O–H groups in total. The van der Waals surface area contributed by atoms with Crippen molar-refractivity contribution >= 4 is 29.1 Å². The molecule has 0 spiro atoms. The summed E-state index contributed by atoms with van der Waals surface area (Å²) >= 11 is 11.5. The normalized spacial score (nSPS) is 11.8. The minimum Gasteiger partial charge on any atom is -0.496 e. The van der Waals surface area contributed by atoms with E-state index in [0.717, 1.165) is 10.2 Å². The fourth-order valence-electron chi connectivity index (χ4n) is 2.08. The van der Waals surface area contributed by atoms with Gasteiger partial charge in [0.25, 0.3) is 5.56 Å². The highest BCUT2D eigenvalue weighted by Gasteiger charge is 2.15. The molecule has 8 heteroatoms. The predicted octanol–water partition coefficient (Wildman–Crippen LogP) is 2.44. The van der Waals surface area contributed by atoms with Crippen molar-refractivity contribution in [1.82, 2.24) is 15.1 Å². The van der Waals surface area contributed by atoms with E-state index in [4.69, 9.17) is 27.9 Å². The minimum atomic E-state index is -0.612. The molecule has 2 aromatic rings. The molecule has 1 heterocycles. The van der Waals surface area contributed by atoms with E-state index in [9.17, 15) is 9.59 Å². The minimum absolute atomic E-state index is 0.0516. The summed E-state index contributed by atoms with van der Waals surface area (Å²) in [6.45, 7) is 1.57. The molecule has 1 amide bonds. The van der Waals surface area contributed by atoms with Crippen LogP contribution in [0, 0.1) is 0 Å². The zero-order chi connectivity index (χ0) is 17.0. The van der Waals surface area contributed by atoms with Crippen molar-refractivity contribution in [1.29, 1.82) is 0 Å². The first-order valence-corrected chi connectivity index (χ1v) is 7.53. The molecule has 0 aliphatic rings. The molecular weight excluding hydrogens is 341 g/mol. The van der Waals surface area contributed by atoms with Crippen LogP contribution in [-0.2, 0) is 11.3 Å². The van der Waals surface area contributed by atoms with Crippen molar-refractivity contribution in [2.75, 3.05) is 7.11 Å². The summed E-state index contributed by atoms with van der Waals surface area (Å²) in [6.07, 6.45) is 1.22. The average Bonchev–Trinajstić information content (AvgIpc) is 2.55. The molecule has 1 unspecified atom stereocenters. The number of carbonyl (C=O) groups excluding carboxylic acids is 1. The smallest absolute Gasteiger partial charge is 0.287 e. The maximum Gasteiger partial charge on any atom is 0.287 e. The molecule has 1 aromatic heterocycles. The number of carbonyl (C=O) groups is 1. The third-order valence-electron chi connectivity index (χ3n) is 3.22. The van der Waals surface area contributed by atoms with E-state index >= 15 is 0 Å². The van der Waals surface area contributed by atoms with Crippen LogP contribution < -0.4 is 15.6 Å². The van der Waals surface area contributed by atoms with Gasteiger partial charge in [0, 0.05) is 5.56 Å². The van der Waals surface area contributed by atoms with Crippen LogP contribution in [0.2, 0.25) is 10.0 Å². The van der Waals surface area contributed by atoms with Crippen LogP contribution in [0.25, 0.3) is 0 Å². The highest BCUT2D eigenvalue weighted by Crippen LogP contribution is 2.24. The third-order valence-corrected chi connectivity index (χ3v) is 3.97. The Morgan fingerprint density at radius 3 is 2.78 bits per heavy atom. The number of amides is 1. The van der Waals surface area contributed by atoms with E-state index in [1.54, 1.807) is 7.11 Å². The molecule has 0 aliphatic heterocycles. The Balaban J connectivity index is 2.11. The molecule has 1 aromatic carbocycles. The zero-order valence-electron chi connectivity index (χ0n) is 12.5. The van der Waals surface area contributed by atoms with Gasteiger partial charge in [-0.05, 0) is 13.0 Å². The van der Waals surface area contributed by atoms with Crippen molar-refractivity contribution in [3.05, 3.63) is 56.4 Å². The first kappa shape index (κ1) is 17.3. The van der Waals surface area contributed by atoms with Gasteiger partial charge in [0.1, 0.15) is 17.3 Å². The second kappa shape index (κ2) is 7.48. The van der Waals surface area contributed by atoms with Gasteiger partial charge in [0.05, 0.1) is 24.4 Å². The maximum absolute atomic E-state index is 12.1. The standard InChI is InChI=1S/C15H15Cl2N3O3/c1-9(10-5-3-4-6-12(10)23-2)19-13(21)8-20-15(22)14(17)11(16)7-18-20/h3-7,9H,8H2,1-2H3,(H,19,21). The fourth-order valence-corrected chi connectivity index (χ4v) is 2.35. The largest absolute Gasteiger partial charge is 0.496 e. The van der Waals surface area contributed by atoms with Crippen LogP contribution in [-0.4, -0.2) is 22.8 Å². The number of halogens is 2. The topological polar surface area (TPSA) is 73.2 Å². The second-order valence-electron chi connectivity index (χ2n) is 4.80.